The van der Waals surface area contributed by atoms with Crippen molar-refractivity contribution in [3.8, 4) is 5.75 Å². The Labute approximate surface area is 93.5 Å². The first-order chi connectivity index (χ1) is 7.00. The Morgan fingerprint density at radius 1 is 1.60 bits per heavy atom. The number of carbonyl (C=O) groups excluding carboxylic acids is 1. The molecule has 0 bridgehead atoms. The van der Waals surface area contributed by atoms with Crippen molar-refractivity contribution in [3.05, 3.63) is 28.8 Å². The highest BCUT2D eigenvalue weighted by molar-refractivity contribution is 6.30. The predicted molar refractivity (Wildman–Crippen MR) is 58.6 cm³/mol. The topological polar surface area (TPSA) is 55.6 Å². The molecule has 1 rings (SSSR count). The van der Waals surface area contributed by atoms with Crippen LogP contribution in [-0.4, -0.2) is 24.6 Å². The van der Waals surface area contributed by atoms with Gasteiger partial charge in [0, 0.05) is 12.1 Å². The SMILES string of the molecule is Cc1cc(Cl)ccc1OCC(=O)N(C)N. The largest absolute Gasteiger partial charge is 0.483 e. The number of carbonyl (C=O) groups is 1. The lowest BCUT2D eigenvalue weighted by Crippen LogP contribution is -2.36. The Hall–Kier alpha value is -1.26. The summed E-state index contributed by atoms with van der Waals surface area (Å²) in [4.78, 5) is 11.1. The third kappa shape index (κ3) is 3.42. The van der Waals surface area contributed by atoms with Crippen molar-refractivity contribution >= 4 is 17.5 Å². The van der Waals surface area contributed by atoms with Crippen molar-refractivity contribution < 1.29 is 9.53 Å². The normalized spacial score (nSPS) is 9.87. The molecule has 82 valence electrons. The zero-order valence-electron chi connectivity index (χ0n) is 8.66. The van der Waals surface area contributed by atoms with Crippen LogP contribution in [0.2, 0.25) is 5.02 Å². The molecule has 0 aliphatic rings. The van der Waals surface area contributed by atoms with Crippen molar-refractivity contribution in [2.24, 2.45) is 5.84 Å². The van der Waals surface area contributed by atoms with Gasteiger partial charge in [-0.2, -0.15) is 0 Å². The zero-order valence-corrected chi connectivity index (χ0v) is 9.41. The van der Waals surface area contributed by atoms with Crippen LogP contribution in [0.1, 0.15) is 5.56 Å². The van der Waals surface area contributed by atoms with Crippen LogP contribution in [0.15, 0.2) is 18.2 Å². The first-order valence-electron chi connectivity index (χ1n) is 4.41. The number of hydrogen-bond donors (Lipinski definition) is 1. The molecule has 2 N–H and O–H groups in total. The highest BCUT2D eigenvalue weighted by Crippen LogP contribution is 2.21. The Bertz CT molecular complexity index is 366. The van der Waals surface area contributed by atoms with E-state index < -0.39 is 0 Å². The van der Waals surface area contributed by atoms with Gasteiger partial charge in [-0.1, -0.05) is 11.6 Å². The van der Waals surface area contributed by atoms with Crippen LogP contribution in [-0.2, 0) is 4.79 Å². The molecule has 4 nitrogen and oxygen atoms in total. The minimum Gasteiger partial charge on any atom is -0.483 e. The van der Waals surface area contributed by atoms with E-state index in [0.717, 1.165) is 10.6 Å². The van der Waals surface area contributed by atoms with E-state index in [4.69, 9.17) is 22.2 Å². The van der Waals surface area contributed by atoms with E-state index in [1.807, 2.05) is 6.92 Å². The standard InChI is InChI=1S/C10H13ClN2O2/c1-7-5-8(11)3-4-9(7)15-6-10(14)13(2)12/h3-5H,6,12H2,1-2H3. The Balaban J connectivity index is 2.62. The third-order valence-corrected chi connectivity index (χ3v) is 2.12. The first-order valence-corrected chi connectivity index (χ1v) is 4.78. The van der Waals surface area contributed by atoms with Crippen LogP contribution in [0, 0.1) is 6.92 Å². The monoisotopic (exact) mass is 228 g/mol. The summed E-state index contributed by atoms with van der Waals surface area (Å²) in [5.74, 6) is 5.59. The molecule has 0 saturated heterocycles. The molecule has 0 aliphatic heterocycles. The average Bonchev–Trinajstić information content (AvgIpc) is 2.15. The van der Waals surface area contributed by atoms with Crippen molar-refractivity contribution in [1.29, 1.82) is 0 Å². The molecule has 0 heterocycles. The first kappa shape index (κ1) is 11.8. The summed E-state index contributed by atoms with van der Waals surface area (Å²) in [5.41, 5.74) is 0.884. The van der Waals surface area contributed by atoms with Gasteiger partial charge in [-0.3, -0.25) is 9.80 Å². The quantitative estimate of drug-likeness (QED) is 0.483. The maximum absolute atomic E-state index is 11.1. The van der Waals surface area contributed by atoms with Gasteiger partial charge in [0.1, 0.15) is 5.75 Å². The van der Waals surface area contributed by atoms with E-state index in [9.17, 15) is 4.79 Å². The zero-order chi connectivity index (χ0) is 11.4. The van der Waals surface area contributed by atoms with Crippen LogP contribution in [0.3, 0.4) is 0 Å². The summed E-state index contributed by atoms with van der Waals surface area (Å²) >= 11 is 5.78. The van der Waals surface area contributed by atoms with Crippen molar-refractivity contribution in [2.45, 2.75) is 6.92 Å². The smallest absolute Gasteiger partial charge is 0.274 e. The van der Waals surface area contributed by atoms with E-state index in [1.54, 1.807) is 18.2 Å². The maximum Gasteiger partial charge on any atom is 0.274 e. The van der Waals surface area contributed by atoms with Crippen LogP contribution in [0.4, 0.5) is 0 Å². The molecule has 1 aromatic carbocycles. The van der Waals surface area contributed by atoms with Gasteiger partial charge in [0.2, 0.25) is 0 Å². The molecular weight excluding hydrogens is 216 g/mol. The number of halogens is 1. The number of amides is 1. The molecule has 0 aromatic heterocycles. The second kappa shape index (κ2) is 5.00. The lowest BCUT2D eigenvalue weighted by molar-refractivity contribution is -0.132. The lowest BCUT2D eigenvalue weighted by atomic mass is 10.2. The number of benzene rings is 1. The van der Waals surface area contributed by atoms with E-state index in [1.165, 1.54) is 7.05 Å². The van der Waals surface area contributed by atoms with Crippen molar-refractivity contribution in [3.63, 3.8) is 0 Å². The van der Waals surface area contributed by atoms with Gasteiger partial charge in [-0.15, -0.1) is 0 Å². The Kier molecular flexibility index (Phi) is 3.94. The number of rotatable bonds is 3. The highest BCUT2D eigenvalue weighted by Gasteiger charge is 2.06. The van der Waals surface area contributed by atoms with Crippen LogP contribution in [0.25, 0.3) is 0 Å². The molecule has 1 aromatic rings. The summed E-state index contributed by atoms with van der Waals surface area (Å²) in [6, 6.07) is 5.20. The number of hydrazine groups is 1. The highest BCUT2D eigenvalue weighted by atomic mass is 35.5. The van der Waals surface area contributed by atoms with E-state index in [0.29, 0.717) is 10.8 Å². The lowest BCUT2D eigenvalue weighted by Gasteiger charge is -2.12. The second-order valence-corrected chi connectivity index (χ2v) is 3.64. The molecule has 0 aliphatic carbocycles. The molecule has 1 amide bonds. The number of aryl methyl sites for hydroxylation is 1. The van der Waals surface area contributed by atoms with Crippen molar-refractivity contribution in [2.75, 3.05) is 13.7 Å². The van der Waals surface area contributed by atoms with Gasteiger partial charge in [-0.05, 0) is 30.7 Å². The number of nitrogens with two attached hydrogens (primary N) is 1. The summed E-state index contributed by atoms with van der Waals surface area (Å²) in [5, 5.41) is 1.63. The van der Waals surface area contributed by atoms with Gasteiger partial charge in [0.15, 0.2) is 6.61 Å². The van der Waals surface area contributed by atoms with Gasteiger partial charge in [0.05, 0.1) is 0 Å². The van der Waals surface area contributed by atoms with E-state index in [-0.39, 0.29) is 12.5 Å². The predicted octanol–water partition coefficient (Wildman–Crippen LogP) is 1.36. The fourth-order valence-electron chi connectivity index (χ4n) is 1.02. The number of likely N-dealkylation sites (N-methyl/N-ethyl adjacent to an activating group) is 1. The third-order valence-electron chi connectivity index (χ3n) is 1.88. The van der Waals surface area contributed by atoms with Crippen LogP contribution in [0.5, 0.6) is 5.75 Å². The van der Waals surface area contributed by atoms with Gasteiger partial charge < -0.3 is 4.74 Å². The summed E-state index contributed by atoms with van der Waals surface area (Å²) in [7, 11) is 1.47. The Morgan fingerprint density at radius 2 is 2.27 bits per heavy atom. The number of nitrogens with zero attached hydrogens (tertiary/aromatic N) is 1. The summed E-state index contributed by atoms with van der Waals surface area (Å²) in [6.07, 6.45) is 0. The maximum atomic E-state index is 11.1. The van der Waals surface area contributed by atoms with Gasteiger partial charge in [-0.25, -0.2) is 5.84 Å². The Morgan fingerprint density at radius 3 is 2.80 bits per heavy atom. The minimum absolute atomic E-state index is 0.0739. The average molecular weight is 229 g/mol. The van der Waals surface area contributed by atoms with Crippen molar-refractivity contribution in [1.82, 2.24) is 5.01 Å². The van der Waals surface area contributed by atoms with Gasteiger partial charge >= 0.3 is 0 Å². The summed E-state index contributed by atoms with van der Waals surface area (Å²) in [6.45, 7) is 1.79. The molecule has 15 heavy (non-hydrogen) atoms. The molecular formula is C10H13ClN2O2. The second-order valence-electron chi connectivity index (χ2n) is 3.20. The van der Waals surface area contributed by atoms with E-state index >= 15 is 0 Å². The number of hydrogen-bond acceptors (Lipinski definition) is 3. The molecule has 0 atom stereocenters. The van der Waals surface area contributed by atoms with Gasteiger partial charge in [0.25, 0.3) is 5.91 Å². The molecule has 0 unspecified atom stereocenters. The molecule has 5 heteroatoms. The molecule has 0 saturated carbocycles. The van der Waals surface area contributed by atoms with E-state index in [2.05, 4.69) is 0 Å². The molecule has 0 spiro atoms. The minimum atomic E-state index is -0.288. The van der Waals surface area contributed by atoms with Crippen LogP contribution >= 0.6 is 11.6 Å². The summed E-state index contributed by atoms with van der Waals surface area (Å²) < 4.78 is 5.29. The number of ether oxygens (including phenoxy) is 1. The van der Waals surface area contributed by atoms with Crippen LogP contribution < -0.4 is 10.6 Å². The molecule has 0 radical (unpaired) electrons. The fraction of sp³-hybridized carbons (Fsp3) is 0.300. The molecule has 0 fully saturated rings. The fourth-order valence-corrected chi connectivity index (χ4v) is 1.24.